The van der Waals surface area contributed by atoms with Crippen molar-refractivity contribution in [3.05, 3.63) is 108 Å². The first kappa shape index (κ1) is 19.0. The number of rotatable bonds is 6. The fourth-order valence-corrected chi connectivity index (χ4v) is 3.93. The van der Waals surface area contributed by atoms with E-state index >= 15 is 0 Å². The number of amides is 1. The molecule has 1 N–H and O–H groups in total. The molecule has 0 bridgehead atoms. The molecule has 0 fully saturated rings. The highest BCUT2D eigenvalue weighted by Crippen LogP contribution is 2.31. The van der Waals surface area contributed by atoms with Gasteiger partial charge in [-0.15, -0.1) is 11.3 Å². The molecule has 0 aliphatic rings. The predicted octanol–water partition coefficient (Wildman–Crippen LogP) is 6.70. The van der Waals surface area contributed by atoms with Gasteiger partial charge in [-0.25, -0.2) is 0 Å². The summed E-state index contributed by atoms with van der Waals surface area (Å²) in [4.78, 5) is 14.4. The minimum atomic E-state index is -0.0540. The van der Waals surface area contributed by atoms with Crippen molar-refractivity contribution in [3.8, 4) is 21.9 Å². The second-order valence-corrected chi connectivity index (χ2v) is 7.79. The van der Waals surface area contributed by atoms with Gasteiger partial charge < -0.3 is 10.1 Å². The fraction of sp³-hybridized carbons (Fsp3) is 0.0800. The smallest absolute Gasteiger partial charge is 0.261 e. The molecule has 0 radical (unpaired) electrons. The van der Waals surface area contributed by atoms with Crippen molar-refractivity contribution in [2.75, 3.05) is 0 Å². The third-order valence-electron chi connectivity index (χ3n) is 4.59. The van der Waals surface area contributed by atoms with E-state index in [9.17, 15) is 4.79 Å². The van der Waals surface area contributed by atoms with E-state index in [2.05, 4.69) is 5.32 Å². The molecular weight excluding hydrogens is 378 g/mol. The summed E-state index contributed by atoms with van der Waals surface area (Å²) in [5.41, 5.74) is 2.15. The van der Waals surface area contributed by atoms with Crippen molar-refractivity contribution in [3.63, 3.8) is 0 Å². The molecule has 4 aromatic rings. The Bertz CT molecular complexity index is 1070. The lowest BCUT2D eigenvalue weighted by Gasteiger charge is -2.13. The maximum Gasteiger partial charge on any atom is 0.261 e. The van der Waals surface area contributed by atoms with Crippen LogP contribution in [0.3, 0.4) is 0 Å². The van der Waals surface area contributed by atoms with E-state index in [1.165, 1.54) is 11.3 Å². The summed E-state index contributed by atoms with van der Waals surface area (Å²) in [5.74, 6) is 1.54. The quantitative estimate of drug-likeness (QED) is 0.392. The van der Waals surface area contributed by atoms with Crippen molar-refractivity contribution in [1.29, 1.82) is 0 Å². The first-order valence-corrected chi connectivity index (χ1v) is 10.3. The van der Waals surface area contributed by atoms with Crippen LogP contribution in [0.25, 0.3) is 10.4 Å². The number of carbonyl (C=O) groups is 1. The molecule has 1 aromatic heterocycles. The van der Waals surface area contributed by atoms with Crippen LogP contribution in [0.4, 0.5) is 0 Å². The number of nitrogens with one attached hydrogen (secondary N) is 1. The highest BCUT2D eigenvalue weighted by molar-refractivity contribution is 7.17. The molecule has 4 heteroatoms. The van der Waals surface area contributed by atoms with Crippen LogP contribution >= 0.6 is 11.3 Å². The Hall–Kier alpha value is -3.37. The summed E-state index contributed by atoms with van der Waals surface area (Å²) in [6, 6.07) is 31.4. The predicted molar refractivity (Wildman–Crippen MR) is 119 cm³/mol. The van der Waals surface area contributed by atoms with Crippen LogP contribution in [0.2, 0.25) is 0 Å². The SMILES string of the molecule is C[C@@H](NC(=O)c1ccc(-c2ccc(Oc3ccccc3)cc2)s1)c1ccccc1. The van der Waals surface area contributed by atoms with Crippen molar-refractivity contribution >= 4 is 17.2 Å². The summed E-state index contributed by atoms with van der Waals surface area (Å²) < 4.78 is 5.84. The van der Waals surface area contributed by atoms with E-state index in [-0.39, 0.29) is 11.9 Å². The lowest BCUT2D eigenvalue weighted by Crippen LogP contribution is -2.25. The Morgan fingerprint density at radius 2 is 1.41 bits per heavy atom. The van der Waals surface area contributed by atoms with Crippen molar-refractivity contribution in [1.82, 2.24) is 5.32 Å². The molecule has 0 spiro atoms. The second-order valence-electron chi connectivity index (χ2n) is 6.71. The molecule has 1 atom stereocenters. The molecule has 1 heterocycles. The molecule has 0 aliphatic heterocycles. The summed E-state index contributed by atoms with van der Waals surface area (Å²) in [6.45, 7) is 1.99. The van der Waals surface area contributed by atoms with Gasteiger partial charge in [0, 0.05) is 4.88 Å². The molecule has 0 unspecified atom stereocenters. The van der Waals surface area contributed by atoms with Gasteiger partial charge >= 0.3 is 0 Å². The summed E-state index contributed by atoms with van der Waals surface area (Å²) in [6.07, 6.45) is 0. The van der Waals surface area contributed by atoms with Gasteiger partial charge in [0.1, 0.15) is 11.5 Å². The third-order valence-corrected chi connectivity index (χ3v) is 5.73. The topological polar surface area (TPSA) is 38.3 Å². The average molecular weight is 400 g/mol. The number of hydrogen-bond donors (Lipinski definition) is 1. The normalized spacial score (nSPS) is 11.6. The lowest BCUT2D eigenvalue weighted by atomic mass is 10.1. The Balaban J connectivity index is 1.42. The molecule has 0 aliphatic carbocycles. The number of hydrogen-bond acceptors (Lipinski definition) is 3. The van der Waals surface area contributed by atoms with Crippen molar-refractivity contribution in [2.45, 2.75) is 13.0 Å². The summed E-state index contributed by atoms with van der Waals surface area (Å²) in [5, 5.41) is 3.07. The van der Waals surface area contributed by atoms with Crippen LogP contribution < -0.4 is 10.1 Å². The number of para-hydroxylation sites is 1. The molecule has 3 nitrogen and oxygen atoms in total. The van der Waals surface area contributed by atoms with Gasteiger partial charge in [-0.2, -0.15) is 0 Å². The van der Waals surface area contributed by atoms with Crippen LogP contribution in [0.15, 0.2) is 97.1 Å². The van der Waals surface area contributed by atoms with E-state index in [1.807, 2.05) is 104 Å². The van der Waals surface area contributed by atoms with Gasteiger partial charge in [0.15, 0.2) is 0 Å². The van der Waals surface area contributed by atoms with Gasteiger partial charge in [0.25, 0.3) is 5.91 Å². The van der Waals surface area contributed by atoms with Gasteiger partial charge in [-0.3, -0.25) is 4.79 Å². The van der Waals surface area contributed by atoms with E-state index in [0.717, 1.165) is 27.5 Å². The van der Waals surface area contributed by atoms with Crippen LogP contribution in [0.1, 0.15) is 28.2 Å². The van der Waals surface area contributed by atoms with Gasteiger partial charge in [0.2, 0.25) is 0 Å². The average Bonchev–Trinajstić information content (AvgIpc) is 3.26. The lowest BCUT2D eigenvalue weighted by molar-refractivity contribution is 0.0944. The second kappa shape index (κ2) is 8.76. The Labute approximate surface area is 174 Å². The number of ether oxygens (including phenoxy) is 1. The molecule has 1 amide bonds. The summed E-state index contributed by atoms with van der Waals surface area (Å²) in [7, 11) is 0. The highest BCUT2D eigenvalue weighted by atomic mass is 32.1. The fourth-order valence-electron chi connectivity index (χ4n) is 3.02. The van der Waals surface area contributed by atoms with E-state index in [1.54, 1.807) is 0 Å². The van der Waals surface area contributed by atoms with E-state index in [0.29, 0.717) is 4.88 Å². The highest BCUT2D eigenvalue weighted by Gasteiger charge is 2.14. The van der Waals surface area contributed by atoms with Crippen LogP contribution in [0.5, 0.6) is 11.5 Å². The number of benzene rings is 3. The zero-order valence-electron chi connectivity index (χ0n) is 16.0. The van der Waals surface area contributed by atoms with E-state index in [4.69, 9.17) is 4.74 Å². The molecule has 0 saturated heterocycles. The third kappa shape index (κ3) is 4.73. The van der Waals surface area contributed by atoms with Crippen molar-refractivity contribution < 1.29 is 9.53 Å². The maximum atomic E-state index is 12.6. The van der Waals surface area contributed by atoms with Crippen LogP contribution in [-0.4, -0.2) is 5.91 Å². The molecule has 29 heavy (non-hydrogen) atoms. The van der Waals surface area contributed by atoms with Crippen LogP contribution in [-0.2, 0) is 0 Å². The van der Waals surface area contributed by atoms with Gasteiger partial charge in [-0.05, 0) is 66.6 Å². The molecule has 4 rings (SSSR count). The minimum Gasteiger partial charge on any atom is -0.457 e. The standard InChI is InChI=1S/C25H21NO2S/c1-18(19-8-4-2-5-9-19)26-25(27)24-17-16-23(29-24)20-12-14-22(15-13-20)28-21-10-6-3-7-11-21/h2-18H,1H3,(H,26,27)/t18-/m1/s1. The van der Waals surface area contributed by atoms with Gasteiger partial charge in [-0.1, -0.05) is 48.5 Å². The number of carbonyl (C=O) groups excluding carboxylic acids is 1. The number of thiophene rings is 1. The molecule has 0 saturated carbocycles. The zero-order valence-corrected chi connectivity index (χ0v) is 16.9. The van der Waals surface area contributed by atoms with Crippen molar-refractivity contribution in [2.24, 2.45) is 0 Å². The van der Waals surface area contributed by atoms with Crippen LogP contribution in [0, 0.1) is 0 Å². The Kier molecular flexibility index (Phi) is 5.73. The molecule has 3 aromatic carbocycles. The molecular formula is C25H21NO2S. The Morgan fingerprint density at radius 1 is 0.793 bits per heavy atom. The van der Waals surface area contributed by atoms with E-state index < -0.39 is 0 Å². The zero-order chi connectivity index (χ0) is 20.1. The largest absolute Gasteiger partial charge is 0.457 e. The molecule has 144 valence electrons. The first-order valence-electron chi connectivity index (χ1n) is 9.48. The first-order chi connectivity index (χ1) is 14.2. The minimum absolute atomic E-state index is 0.0383. The maximum absolute atomic E-state index is 12.6. The van der Waals surface area contributed by atoms with Gasteiger partial charge in [0.05, 0.1) is 10.9 Å². The monoisotopic (exact) mass is 399 g/mol. The summed E-state index contributed by atoms with van der Waals surface area (Å²) >= 11 is 1.49. The Morgan fingerprint density at radius 3 is 2.10 bits per heavy atom.